The zero-order chi connectivity index (χ0) is 13.8. The lowest BCUT2D eigenvalue weighted by molar-refractivity contribution is 0.390. The molecule has 0 aliphatic heterocycles. The van der Waals surface area contributed by atoms with Crippen molar-refractivity contribution in [3.63, 3.8) is 0 Å². The van der Waals surface area contributed by atoms with Gasteiger partial charge in [0.2, 0.25) is 10.0 Å². The summed E-state index contributed by atoms with van der Waals surface area (Å²) in [5.74, 6) is -0.465. The summed E-state index contributed by atoms with van der Waals surface area (Å²) in [6, 6.07) is 5.20. The van der Waals surface area contributed by atoms with E-state index in [2.05, 4.69) is 4.72 Å². The first kappa shape index (κ1) is 15.1. The van der Waals surface area contributed by atoms with E-state index in [0.29, 0.717) is 0 Å². The number of benzene rings is 1. The maximum absolute atomic E-state index is 13.5. The number of rotatable bonds is 6. The third-order valence-corrected chi connectivity index (χ3v) is 4.82. The summed E-state index contributed by atoms with van der Waals surface area (Å²) in [4.78, 5) is -0.289. The average Bonchev–Trinajstić information content (AvgIpc) is 2.30. The summed E-state index contributed by atoms with van der Waals surface area (Å²) in [5, 5.41) is 0. The highest BCUT2D eigenvalue weighted by Gasteiger charge is 2.23. The minimum atomic E-state index is -3.78. The van der Waals surface area contributed by atoms with Gasteiger partial charge in [-0.1, -0.05) is 38.8 Å². The van der Waals surface area contributed by atoms with Crippen molar-refractivity contribution in [2.24, 2.45) is 5.92 Å². The molecule has 0 fully saturated rings. The summed E-state index contributed by atoms with van der Waals surface area (Å²) in [7, 11) is -3.78. The van der Waals surface area contributed by atoms with Crippen LogP contribution in [0, 0.1) is 11.7 Å². The van der Waals surface area contributed by atoms with Gasteiger partial charge in [-0.05, 0) is 25.0 Å². The van der Waals surface area contributed by atoms with Crippen molar-refractivity contribution in [1.82, 2.24) is 4.72 Å². The molecule has 0 radical (unpaired) electrons. The van der Waals surface area contributed by atoms with E-state index in [4.69, 9.17) is 0 Å². The van der Waals surface area contributed by atoms with Crippen LogP contribution >= 0.6 is 0 Å². The summed E-state index contributed by atoms with van der Waals surface area (Å²) >= 11 is 0. The third-order valence-electron chi connectivity index (χ3n) is 3.22. The lowest BCUT2D eigenvalue weighted by Gasteiger charge is -2.22. The molecule has 0 aliphatic rings. The third kappa shape index (κ3) is 3.53. The first-order valence-electron chi connectivity index (χ1n) is 6.19. The van der Waals surface area contributed by atoms with Crippen molar-refractivity contribution < 1.29 is 12.8 Å². The minimum Gasteiger partial charge on any atom is -0.208 e. The van der Waals surface area contributed by atoms with E-state index >= 15 is 0 Å². The van der Waals surface area contributed by atoms with Crippen molar-refractivity contribution in [1.29, 1.82) is 0 Å². The molecular weight excluding hydrogens is 253 g/mol. The SMILES string of the molecule is CCC(CC)C(C)NS(=O)(=O)c1ccccc1F. The topological polar surface area (TPSA) is 46.2 Å². The fraction of sp³-hybridized carbons (Fsp3) is 0.538. The van der Waals surface area contributed by atoms with Gasteiger partial charge in [0.05, 0.1) is 0 Å². The summed E-state index contributed by atoms with van der Waals surface area (Å²) < 4.78 is 40.1. The molecule has 1 unspecified atom stereocenters. The largest absolute Gasteiger partial charge is 0.243 e. The lowest BCUT2D eigenvalue weighted by atomic mass is 9.96. The molecule has 1 N–H and O–H groups in total. The maximum Gasteiger partial charge on any atom is 0.243 e. The molecular formula is C13H20FNO2S. The van der Waals surface area contributed by atoms with Crippen molar-refractivity contribution in [2.45, 2.75) is 44.6 Å². The standard InChI is InChI=1S/C13H20FNO2S/c1-4-11(5-2)10(3)15-18(16,17)13-9-7-6-8-12(13)14/h6-11,15H,4-5H2,1-3H3. The van der Waals surface area contributed by atoms with Crippen LogP contribution in [0.4, 0.5) is 4.39 Å². The monoisotopic (exact) mass is 273 g/mol. The fourth-order valence-electron chi connectivity index (χ4n) is 2.06. The van der Waals surface area contributed by atoms with Gasteiger partial charge in [-0.25, -0.2) is 17.5 Å². The first-order chi connectivity index (χ1) is 8.42. The fourth-order valence-corrected chi connectivity index (χ4v) is 3.45. The summed E-state index contributed by atoms with van der Waals surface area (Å²) in [5.41, 5.74) is 0. The quantitative estimate of drug-likeness (QED) is 0.866. The first-order valence-corrected chi connectivity index (χ1v) is 7.67. The van der Waals surface area contributed by atoms with Crippen molar-refractivity contribution in [2.75, 3.05) is 0 Å². The Morgan fingerprint density at radius 3 is 2.28 bits per heavy atom. The second kappa shape index (κ2) is 6.29. The van der Waals surface area contributed by atoms with Crippen LogP contribution in [0.15, 0.2) is 29.2 Å². The van der Waals surface area contributed by atoms with Crippen LogP contribution in [0.5, 0.6) is 0 Å². The Bertz CT molecular complexity index is 484. The number of nitrogens with one attached hydrogen (secondary N) is 1. The predicted molar refractivity (Wildman–Crippen MR) is 70.3 cm³/mol. The summed E-state index contributed by atoms with van der Waals surface area (Å²) in [6.45, 7) is 5.85. The van der Waals surface area contributed by atoms with Crippen LogP contribution in [-0.4, -0.2) is 14.5 Å². The second-order valence-electron chi connectivity index (χ2n) is 4.42. The van der Waals surface area contributed by atoms with E-state index in [1.165, 1.54) is 18.2 Å². The van der Waals surface area contributed by atoms with E-state index in [1.54, 1.807) is 0 Å². The van der Waals surface area contributed by atoms with Crippen LogP contribution in [0.2, 0.25) is 0 Å². The Labute approximate surface area is 108 Å². The van der Waals surface area contributed by atoms with Gasteiger partial charge >= 0.3 is 0 Å². The molecule has 1 aromatic carbocycles. The zero-order valence-electron chi connectivity index (χ0n) is 11.0. The number of halogens is 1. The van der Waals surface area contributed by atoms with Gasteiger partial charge in [0.15, 0.2) is 0 Å². The molecule has 0 bridgehead atoms. The van der Waals surface area contributed by atoms with E-state index in [9.17, 15) is 12.8 Å². The smallest absolute Gasteiger partial charge is 0.208 e. The normalized spacial score (nSPS) is 13.8. The van der Waals surface area contributed by atoms with Crippen LogP contribution < -0.4 is 4.72 Å². The minimum absolute atomic E-state index is 0.204. The van der Waals surface area contributed by atoms with Crippen molar-refractivity contribution in [3.8, 4) is 0 Å². The molecule has 0 saturated carbocycles. The van der Waals surface area contributed by atoms with Gasteiger partial charge < -0.3 is 0 Å². The van der Waals surface area contributed by atoms with Crippen LogP contribution in [0.25, 0.3) is 0 Å². The maximum atomic E-state index is 13.5. The molecule has 0 heterocycles. The molecule has 1 rings (SSSR count). The zero-order valence-corrected chi connectivity index (χ0v) is 11.8. The van der Waals surface area contributed by atoms with E-state index in [-0.39, 0.29) is 16.9 Å². The molecule has 5 heteroatoms. The number of hydrogen-bond acceptors (Lipinski definition) is 2. The number of sulfonamides is 1. The van der Waals surface area contributed by atoms with Crippen molar-refractivity contribution >= 4 is 10.0 Å². The van der Waals surface area contributed by atoms with Gasteiger partial charge in [0.1, 0.15) is 10.7 Å². The van der Waals surface area contributed by atoms with Gasteiger partial charge in [-0.3, -0.25) is 0 Å². The molecule has 0 amide bonds. The molecule has 102 valence electrons. The highest BCUT2D eigenvalue weighted by molar-refractivity contribution is 7.89. The van der Waals surface area contributed by atoms with Gasteiger partial charge in [0, 0.05) is 6.04 Å². The highest BCUT2D eigenvalue weighted by atomic mass is 32.2. The number of hydrogen-bond donors (Lipinski definition) is 1. The Kier molecular flexibility index (Phi) is 5.28. The Morgan fingerprint density at radius 2 is 1.78 bits per heavy atom. The van der Waals surface area contributed by atoms with Crippen LogP contribution in [0.3, 0.4) is 0 Å². The predicted octanol–water partition coefficient (Wildman–Crippen LogP) is 2.93. The Morgan fingerprint density at radius 1 is 1.22 bits per heavy atom. The molecule has 0 saturated heterocycles. The molecule has 18 heavy (non-hydrogen) atoms. The van der Waals surface area contributed by atoms with Gasteiger partial charge in [0.25, 0.3) is 0 Å². The Balaban J connectivity index is 2.93. The van der Waals surface area contributed by atoms with E-state index in [0.717, 1.165) is 18.9 Å². The average molecular weight is 273 g/mol. The van der Waals surface area contributed by atoms with Gasteiger partial charge in [-0.2, -0.15) is 0 Å². The van der Waals surface area contributed by atoms with E-state index in [1.807, 2.05) is 20.8 Å². The lowest BCUT2D eigenvalue weighted by Crippen LogP contribution is -2.38. The summed E-state index contributed by atoms with van der Waals surface area (Å²) in [6.07, 6.45) is 1.77. The molecule has 0 aromatic heterocycles. The second-order valence-corrected chi connectivity index (χ2v) is 6.10. The van der Waals surface area contributed by atoms with Crippen LogP contribution in [-0.2, 0) is 10.0 Å². The molecule has 1 aromatic rings. The van der Waals surface area contributed by atoms with Gasteiger partial charge in [-0.15, -0.1) is 0 Å². The highest BCUT2D eigenvalue weighted by Crippen LogP contribution is 2.18. The molecule has 1 atom stereocenters. The van der Waals surface area contributed by atoms with Crippen molar-refractivity contribution in [3.05, 3.63) is 30.1 Å². The van der Waals surface area contributed by atoms with Crippen LogP contribution in [0.1, 0.15) is 33.6 Å². The van der Waals surface area contributed by atoms with E-state index < -0.39 is 15.8 Å². The molecule has 3 nitrogen and oxygen atoms in total. The molecule has 0 spiro atoms. The Hall–Kier alpha value is -0.940. The molecule has 0 aliphatic carbocycles.